The summed E-state index contributed by atoms with van der Waals surface area (Å²) >= 11 is 0. The Balaban J connectivity index is 1.88. The molecule has 0 spiro atoms. The smallest absolute Gasteiger partial charge is 0.231 e. The first-order chi connectivity index (χ1) is 9.31. The van der Waals surface area contributed by atoms with Crippen molar-refractivity contribution in [3.63, 3.8) is 0 Å². The lowest BCUT2D eigenvalue weighted by Crippen LogP contribution is -1.92. The van der Waals surface area contributed by atoms with Crippen molar-refractivity contribution >= 4 is 5.65 Å². The number of benzene rings is 1. The zero-order chi connectivity index (χ0) is 12.8. The predicted molar refractivity (Wildman–Crippen MR) is 71.5 cm³/mol. The van der Waals surface area contributed by atoms with Crippen LogP contribution in [0.15, 0.2) is 42.7 Å². The molecule has 3 aromatic rings. The quantitative estimate of drug-likeness (QED) is 0.667. The maximum Gasteiger partial charge on any atom is 0.231 e. The highest BCUT2D eigenvalue weighted by Crippen LogP contribution is 2.35. The number of ether oxygens (including phenoxy) is 2. The zero-order valence-electron chi connectivity index (χ0n) is 10.5. The second-order valence-corrected chi connectivity index (χ2v) is 4.62. The Morgan fingerprint density at radius 1 is 1.16 bits per heavy atom. The number of hydrogen-bond acceptors (Lipinski definition) is 3. The molecule has 0 fully saturated rings. The summed E-state index contributed by atoms with van der Waals surface area (Å²) in [5.74, 6) is 1.58. The molecule has 0 N–H and O–H groups in total. The van der Waals surface area contributed by atoms with Gasteiger partial charge in [0.25, 0.3) is 0 Å². The minimum absolute atomic E-state index is 0.295. The first-order valence-electron chi connectivity index (χ1n) is 6.15. The molecule has 3 heterocycles. The van der Waals surface area contributed by atoms with Gasteiger partial charge in [0.05, 0.1) is 5.69 Å². The fourth-order valence-electron chi connectivity index (χ4n) is 2.35. The summed E-state index contributed by atoms with van der Waals surface area (Å²) in [7, 11) is 0. The molecule has 4 heteroatoms. The molecule has 0 saturated heterocycles. The number of aromatic nitrogens is 2. The molecule has 2 aromatic heterocycles. The van der Waals surface area contributed by atoms with Crippen LogP contribution in [0.5, 0.6) is 11.5 Å². The van der Waals surface area contributed by atoms with Gasteiger partial charge >= 0.3 is 0 Å². The monoisotopic (exact) mass is 252 g/mol. The van der Waals surface area contributed by atoms with E-state index in [9.17, 15) is 0 Å². The fraction of sp³-hybridized carbons (Fsp3) is 0.133. The van der Waals surface area contributed by atoms with Gasteiger partial charge in [0.2, 0.25) is 6.79 Å². The zero-order valence-corrected chi connectivity index (χ0v) is 10.5. The summed E-state index contributed by atoms with van der Waals surface area (Å²) in [6.07, 6.45) is 4.03. The van der Waals surface area contributed by atoms with Gasteiger partial charge in [-0.15, -0.1) is 0 Å². The van der Waals surface area contributed by atoms with E-state index in [1.165, 1.54) is 0 Å². The molecule has 94 valence electrons. The summed E-state index contributed by atoms with van der Waals surface area (Å²) in [4.78, 5) is 4.67. The van der Waals surface area contributed by atoms with Crippen molar-refractivity contribution in [3.8, 4) is 22.8 Å². The molecule has 4 rings (SSSR count). The molecule has 0 radical (unpaired) electrons. The van der Waals surface area contributed by atoms with Crippen LogP contribution in [-0.2, 0) is 0 Å². The standard InChI is InChI=1S/C15H12N2O2/c1-10-3-2-6-17-8-12(16-15(10)17)11-4-5-13-14(7-11)19-9-18-13/h2-8H,9H2,1H3. The third-order valence-corrected chi connectivity index (χ3v) is 3.35. The number of rotatable bonds is 1. The maximum atomic E-state index is 5.40. The van der Waals surface area contributed by atoms with E-state index in [1.54, 1.807) is 0 Å². The summed E-state index contributed by atoms with van der Waals surface area (Å²) < 4.78 is 12.8. The van der Waals surface area contributed by atoms with E-state index in [4.69, 9.17) is 9.47 Å². The van der Waals surface area contributed by atoms with Crippen molar-refractivity contribution in [1.29, 1.82) is 0 Å². The second-order valence-electron chi connectivity index (χ2n) is 4.62. The van der Waals surface area contributed by atoms with Crippen molar-refractivity contribution in [2.45, 2.75) is 6.92 Å². The van der Waals surface area contributed by atoms with Gasteiger partial charge in [-0.05, 0) is 36.8 Å². The maximum absolute atomic E-state index is 5.40. The number of pyridine rings is 1. The molecule has 0 atom stereocenters. The highest BCUT2D eigenvalue weighted by atomic mass is 16.7. The third-order valence-electron chi connectivity index (χ3n) is 3.35. The van der Waals surface area contributed by atoms with Gasteiger partial charge in [-0.25, -0.2) is 4.98 Å². The Hall–Kier alpha value is -2.49. The van der Waals surface area contributed by atoms with E-state index in [0.717, 1.165) is 34.0 Å². The Morgan fingerprint density at radius 2 is 2.05 bits per heavy atom. The lowest BCUT2D eigenvalue weighted by Gasteiger charge is -1.98. The van der Waals surface area contributed by atoms with E-state index < -0.39 is 0 Å². The van der Waals surface area contributed by atoms with E-state index in [1.807, 2.05) is 41.1 Å². The molecule has 1 aromatic carbocycles. The molecule has 0 amide bonds. The highest BCUT2D eigenvalue weighted by molar-refractivity contribution is 5.67. The average molecular weight is 252 g/mol. The van der Waals surface area contributed by atoms with Gasteiger partial charge in [0, 0.05) is 18.0 Å². The van der Waals surface area contributed by atoms with Crippen molar-refractivity contribution < 1.29 is 9.47 Å². The fourth-order valence-corrected chi connectivity index (χ4v) is 2.35. The Labute approximate surface area is 110 Å². The largest absolute Gasteiger partial charge is 0.454 e. The number of hydrogen-bond donors (Lipinski definition) is 0. The Morgan fingerprint density at radius 3 is 2.95 bits per heavy atom. The van der Waals surface area contributed by atoms with Crippen LogP contribution in [0.4, 0.5) is 0 Å². The summed E-state index contributed by atoms with van der Waals surface area (Å²) in [6.45, 7) is 2.36. The van der Waals surface area contributed by atoms with Crippen LogP contribution in [0, 0.1) is 6.92 Å². The normalized spacial score (nSPS) is 13.1. The summed E-state index contributed by atoms with van der Waals surface area (Å²) in [5.41, 5.74) is 4.12. The lowest BCUT2D eigenvalue weighted by atomic mass is 10.1. The van der Waals surface area contributed by atoms with Crippen molar-refractivity contribution in [3.05, 3.63) is 48.3 Å². The van der Waals surface area contributed by atoms with Gasteiger partial charge in [-0.1, -0.05) is 6.07 Å². The molecule has 0 saturated carbocycles. The van der Waals surface area contributed by atoms with E-state index in [2.05, 4.69) is 18.0 Å². The molecule has 0 bridgehead atoms. The lowest BCUT2D eigenvalue weighted by molar-refractivity contribution is 0.174. The number of fused-ring (bicyclic) bond motifs is 2. The van der Waals surface area contributed by atoms with Crippen LogP contribution in [0.25, 0.3) is 16.9 Å². The van der Waals surface area contributed by atoms with E-state index in [0.29, 0.717) is 6.79 Å². The highest BCUT2D eigenvalue weighted by Gasteiger charge is 2.15. The first-order valence-corrected chi connectivity index (χ1v) is 6.15. The molecular weight excluding hydrogens is 240 g/mol. The van der Waals surface area contributed by atoms with Gasteiger partial charge < -0.3 is 13.9 Å². The SMILES string of the molecule is Cc1cccn2cc(-c3ccc4c(c3)OCO4)nc12. The molecule has 1 aliphatic heterocycles. The van der Waals surface area contributed by atoms with Gasteiger partial charge in [-0.3, -0.25) is 0 Å². The van der Waals surface area contributed by atoms with Crippen LogP contribution in [-0.4, -0.2) is 16.2 Å². The molecule has 19 heavy (non-hydrogen) atoms. The van der Waals surface area contributed by atoms with Crippen molar-refractivity contribution in [2.75, 3.05) is 6.79 Å². The Kier molecular flexibility index (Phi) is 2.06. The average Bonchev–Trinajstić information content (AvgIpc) is 3.04. The van der Waals surface area contributed by atoms with Gasteiger partial charge in [-0.2, -0.15) is 0 Å². The molecule has 0 unspecified atom stereocenters. The number of aryl methyl sites for hydroxylation is 1. The van der Waals surface area contributed by atoms with Crippen LogP contribution >= 0.6 is 0 Å². The molecule has 1 aliphatic rings. The van der Waals surface area contributed by atoms with Crippen LogP contribution < -0.4 is 9.47 Å². The summed E-state index contributed by atoms with van der Waals surface area (Å²) in [6, 6.07) is 9.98. The number of nitrogens with zero attached hydrogens (tertiary/aromatic N) is 2. The van der Waals surface area contributed by atoms with Crippen LogP contribution in [0.1, 0.15) is 5.56 Å². The summed E-state index contributed by atoms with van der Waals surface area (Å²) in [5, 5.41) is 0. The van der Waals surface area contributed by atoms with Crippen LogP contribution in [0.3, 0.4) is 0 Å². The number of imidazole rings is 1. The second kappa shape index (κ2) is 3.75. The minimum atomic E-state index is 0.295. The van der Waals surface area contributed by atoms with E-state index in [-0.39, 0.29) is 0 Å². The van der Waals surface area contributed by atoms with Crippen molar-refractivity contribution in [2.24, 2.45) is 0 Å². The van der Waals surface area contributed by atoms with Gasteiger partial charge in [0.1, 0.15) is 5.65 Å². The minimum Gasteiger partial charge on any atom is -0.454 e. The molecular formula is C15H12N2O2. The van der Waals surface area contributed by atoms with E-state index >= 15 is 0 Å². The topological polar surface area (TPSA) is 35.8 Å². The first kappa shape index (κ1) is 10.4. The predicted octanol–water partition coefficient (Wildman–Crippen LogP) is 3.04. The molecule has 0 aliphatic carbocycles. The van der Waals surface area contributed by atoms with Crippen molar-refractivity contribution in [1.82, 2.24) is 9.38 Å². The Bertz CT molecular complexity index is 777. The molecule has 4 nitrogen and oxygen atoms in total. The third kappa shape index (κ3) is 1.57. The van der Waals surface area contributed by atoms with Gasteiger partial charge in [0.15, 0.2) is 11.5 Å². The van der Waals surface area contributed by atoms with Crippen LogP contribution in [0.2, 0.25) is 0 Å².